The van der Waals surface area contributed by atoms with Crippen molar-refractivity contribution in [2.45, 2.75) is 36.5 Å². The molecule has 1 atom stereocenters. The van der Waals surface area contributed by atoms with Crippen LogP contribution in [0.1, 0.15) is 37.3 Å². The van der Waals surface area contributed by atoms with Crippen molar-refractivity contribution in [2.24, 2.45) is 0 Å². The fourth-order valence-corrected chi connectivity index (χ4v) is 3.83. The van der Waals surface area contributed by atoms with Gasteiger partial charge in [-0.05, 0) is 24.7 Å². The van der Waals surface area contributed by atoms with Crippen molar-refractivity contribution in [2.75, 3.05) is 26.5 Å². The minimum Gasteiger partial charge on any atom is -0.383 e. The third kappa shape index (κ3) is 3.98. The maximum Gasteiger partial charge on any atom is 0.0657 e. The predicted octanol–water partition coefficient (Wildman–Crippen LogP) is 3.64. The van der Waals surface area contributed by atoms with Gasteiger partial charge in [0.25, 0.3) is 0 Å². The maximum absolute atomic E-state index is 5.37. The number of hydrogen-bond acceptors (Lipinski definition) is 3. The zero-order valence-corrected chi connectivity index (χ0v) is 12.8. The molecule has 1 fully saturated rings. The Bertz CT molecular complexity index is 362. The van der Waals surface area contributed by atoms with Gasteiger partial charge in [-0.3, -0.25) is 0 Å². The van der Waals surface area contributed by atoms with Gasteiger partial charge in [0, 0.05) is 18.4 Å². The quantitative estimate of drug-likeness (QED) is 0.823. The molecule has 0 spiro atoms. The molecule has 0 bridgehead atoms. The van der Waals surface area contributed by atoms with Crippen molar-refractivity contribution in [1.82, 2.24) is 5.32 Å². The van der Waals surface area contributed by atoms with Crippen LogP contribution in [0.25, 0.3) is 0 Å². The molecule has 2 rings (SSSR count). The highest BCUT2D eigenvalue weighted by molar-refractivity contribution is 8.00. The van der Waals surface area contributed by atoms with Crippen molar-refractivity contribution in [3.8, 4) is 0 Å². The average molecular weight is 279 g/mol. The Morgan fingerprint density at radius 3 is 2.53 bits per heavy atom. The summed E-state index contributed by atoms with van der Waals surface area (Å²) in [5.74, 6) is 0. The normalized spacial score (nSPS) is 19.5. The Balaban J connectivity index is 1.97. The largest absolute Gasteiger partial charge is 0.383 e. The van der Waals surface area contributed by atoms with Gasteiger partial charge in [0.2, 0.25) is 0 Å². The number of benzene rings is 1. The molecule has 1 aliphatic carbocycles. The van der Waals surface area contributed by atoms with Crippen LogP contribution < -0.4 is 5.32 Å². The lowest BCUT2D eigenvalue weighted by molar-refractivity contribution is 0.165. The van der Waals surface area contributed by atoms with Crippen LogP contribution in [0.3, 0.4) is 0 Å². The third-order valence-corrected chi connectivity index (χ3v) is 5.57. The molecule has 0 aliphatic heterocycles. The van der Waals surface area contributed by atoms with E-state index in [0.29, 0.717) is 10.8 Å². The number of rotatable bonds is 7. The SMILES string of the molecule is COCC(NCC1(SC)CCCC1)c1ccccc1. The summed E-state index contributed by atoms with van der Waals surface area (Å²) < 4.78 is 5.82. The van der Waals surface area contributed by atoms with E-state index in [1.165, 1.54) is 31.2 Å². The summed E-state index contributed by atoms with van der Waals surface area (Å²) in [6, 6.07) is 10.9. The highest BCUT2D eigenvalue weighted by Crippen LogP contribution is 2.39. The van der Waals surface area contributed by atoms with Gasteiger partial charge in [-0.1, -0.05) is 43.2 Å². The third-order valence-electron chi connectivity index (χ3n) is 4.15. The summed E-state index contributed by atoms with van der Waals surface area (Å²) in [6.45, 7) is 1.81. The molecule has 1 N–H and O–H groups in total. The predicted molar refractivity (Wildman–Crippen MR) is 83.8 cm³/mol. The molecule has 0 saturated heterocycles. The van der Waals surface area contributed by atoms with Gasteiger partial charge in [-0.15, -0.1) is 0 Å². The zero-order valence-electron chi connectivity index (χ0n) is 12.0. The van der Waals surface area contributed by atoms with E-state index in [0.717, 1.165) is 13.2 Å². The summed E-state index contributed by atoms with van der Waals surface area (Å²) in [5, 5.41) is 3.72. The van der Waals surface area contributed by atoms with E-state index in [2.05, 4.69) is 41.9 Å². The standard InChI is InChI=1S/C16H25NOS/c1-18-12-15(14-8-4-3-5-9-14)17-13-16(19-2)10-6-7-11-16/h3-5,8-9,15,17H,6-7,10-13H2,1-2H3. The molecular weight excluding hydrogens is 254 g/mol. The molecule has 1 saturated carbocycles. The first-order valence-corrected chi connectivity index (χ1v) is 8.34. The van der Waals surface area contributed by atoms with Crippen LogP contribution in [0, 0.1) is 0 Å². The summed E-state index contributed by atoms with van der Waals surface area (Å²) in [7, 11) is 1.78. The van der Waals surface area contributed by atoms with Gasteiger partial charge >= 0.3 is 0 Å². The van der Waals surface area contributed by atoms with E-state index >= 15 is 0 Å². The van der Waals surface area contributed by atoms with Crippen LogP contribution in [0.5, 0.6) is 0 Å². The Kier molecular flexibility index (Phi) is 5.74. The molecule has 2 nitrogen and oxygen atoms in total. The first-order chi connectivity index (χ1) is 9.29. The molecule has 0 heterocycles. The summed E-state index contributed by atoms with van der Waals surface area (Å²) in [4.78, 5) is 0. The van der Waals surface area contributed by atoms with Gasteiger partial charge in [-0.25, -0.2) is 0 Å². The molecule has 1 unspecified atom stereocenters. The lowest BCUT2D eigenvalue weighted by atomic mass is 10.0. The Hall–Kier alpha value is -0.510. The number of nitrogens with one attached hydrogen (secondary N) is 1. The molecule has 1 aliphatic rings. The molecule has 0 radical (unpaired) electrons. The molecule has 1 aromatic rings. The Labute approximate surface area is 121 Å². The average Bonchev–Trinajstić information content (AvgIpc) is 2.94. The molecular formula is C16H25NOS. The topological polar surface area (TPSA) is 21.3 Å². The monoisotopic (exact) mass is 279 g/mol. The van der Waals surface area contributed by atoms with Gasteiger partial charge < -0.3 is 10.1 Å². The van der Waals surface area contributed by atoms with Crippen molar-refractivity contribution in [3.05, 3.63) is 35.9 Å². The second-order valence-corrected chi connectivity index (χ2v) is 6.67. The fraction of sp³-hybridized carbons (Fsp3) is 0.625. The van der Waals surface area contributed by atoms with Crippen molar-refractivity contribution in [1.29, 1.82) is 0 Å². The second-order valence-electron chi connectivity index (χ2n) is 5.39. The number of hydrogen-bond donors (Lipinski definition) is 1. The summed E-state index contributed by atoms with van der Waals surface area (Å²) in [6.07, 6.45) is 7.69. The first kappa shape index (κ1) is 14.9. The lowest BCUT2D eigenvalue weighted by Crippen LogP contribution is -2.38. The molecule has 0 aromatic heterocycles. The molecule has 19 heavy (non-hydrogen) atoms. The van der Waals surface area contributed by atoms with Crippen molar-refractivity contribution < 1.29 is 4.74 Å². The van der Waals surface area contributed by atoms with E-state index < -0.39 is 0 Å². The van der Waals surface area contributed by atoms with E-state index in [4.69, 9.17) is 4.74 Å². The minimum atomic E-state index is 0.302. The highest BCUT2D eigenvalue weighted by Gasteiger charge is 2.33. The van der Waals surface area contributed by atoms with Crippen molar-refractivity contribution in [3.63, 3.8) is 0 Å². The first-order valence-electron chi connectivity index (χ1n) is 7.12. The zero-order chi connectivity index (χ0) is 13.6. The van der Waals surface area contributed by atoms with Crippen molar-refractivity contribution >= 4 is 11.8 Å². The van der Waals surface area contributed by atoms with E-state index in [1.54, 1.807) is 7.11 Å². The van der Waals surface area contributed by atoms with Crippen LogP contribution in [0.2, 0.25) is 0 Å². The van der Waals surface area contributed by atoms with E-state index in [9.17, 15) is 0 Å². The second kappa shape index (κ2) is 7.32. The van der Waals surface area contributed by atoms with Crippen LogP contribution in [0.15, 0.2) is 30.3 Å². The summed E-state index contributed by atoms with van der Waals surface area (Å²) in [5.41, 5.74) is 1.32. The maximum atomic E-state index is 5.37. The Morgan fingerprint density at radius 2 is 1.95 bits per heavy atom. The van der Waals surface area contributed by atoms with E-state index in [1.807, 2.05) is 11.8 Å². The number of ether oxygens (including phenoxy) is 1. The number of thioether (sulfide) groups is 1. The smallest absolute Gasteiger partial charge is 0.0657 e. The molecule has 3 heteroatoms. The lowest BCUT2D eigenvalue weighted by Gasteiger charge is -2.30. The molecule has 106 valence electrons. The molecule has 0 amide bonds. The highest BCUT2D eigenvalue weighted by atomic mass is 32.2. The van der Waals surface area contributed by atoms with Gasteiger partial charge in [0.1, 0.15) is 0 Å². The minimum absolute atomic E-state index is 0.302. The Morgan fingerprint density at radius 1 is 1.26 bits per heavy atom. The van der Waals surface area contributed by atoms with Crippen LogP contribution in [-0.2, 0) is 4.74 Å². The van der Waals surface area contributed by atoms with Crippen LogP contribution in [-0.4, -0.2) is 31.3 Å². The van der Waals surface area contributed by atoms with E-state index in [-0.39, 0.29) is 0 Å². The van der Waals surface area contributed by atoms with Gasteiger partial charge in [-0.2, -0.15) is 11.8 Å². The fourth-order valence-electron chi connectivity index (χ4n) is 2.91. The van der Waals surface area contributed by atoms with Gasteiger partial charge in [0.15, 0.2) is 0 Å². The number of methoxy groups -OCH3 is 1. The molecule has 1 aromatic carbocycles. The summed E-state index contributed by atoms with van der Waals surface area (Å²) >= 11 is 2.03. The van der Waals surface area contributed by atoms with Gasteiger partial charge in [0.05, 0.1) is 12.6 Å². The van der Waals surface area contributed by atoms with Crippen LogP contribution >= 0.6 is 11.8 Å². The van der Waals surface area contributed by atoms with Crippen LogP contribution in [0.4, 0.5) is 0 Å².